The summed E-state index contributed by atoms with van der Waals surface area (Å²) in [5, 5.41) is 0. The molecule has 1 aliphatic heterocycles. The van der Waals surface area contributed by atoms with Crippen molar-refractivity contribution in [3.8, 4) is 0 Å². The molecule has 1 aliphatic rings. The molecule has 0 saturated carbocycles. The summed E-state index contributed by atoms with van der Waals surface area (Å²) >= 11 is -0.558. The van der Waals surface area contributed by atoms with Crippen molar-refractivity contribution in [3.63, 3.8) is 0 Å². The molecule has 0 atom stereocenters. The molecule has 0 aromatic carbocycles. The van der Waals surface area contributed by atoms with Gasteiger partial charge in [0.25, 0.3) is 0 Å². The second kappa shape index (κ2) is 1.60. The SMILES string of the molecule is C1=[CH][SnH2][N]=C1. The Morgan fingerprint density at radius 2 is 2.60 bits per heavy atom. The molecule has 0 unspecified atom stereocenters. The zero-order chi connectivity index (χ0) is 3.54. The van der Waals surface area contributed by atoms with Gasteiger partial charge in [-0.2, -0.15) is 0 Å². The number of nitrogens with zero attached hydrogens (tertiary/aromatic N) is 1. The summed E-state index contributed by atoms with van der Waals surface area (Å²) in [7, 11) is 0. The van der Waals surface area contributed by atoms with E-state index in [0.29, 0.717) is 0 Å². The van der Waals surface area contributed by atoms with Crippen LogP contribution in [0.2, 0.25) is 0 Å². The van der Waals surface area contributed by atoms with Crippen LogP contribution in [0.5, 0.6) is 0 Å². The number of rotatable bonds is 0. The van der Waals surface area contributed by atoms with Gasteiger partial charge in [-0.05, 0) is 0 Å². The summed E-state index contributed by atoms with van der Waals surface area (Å²) in [5.41, 5.74) is 0. The average molecular weight is 174 g/mol. The molecule has 0 aliphatic carbocycles. The second-order valence-electron chi connectivity index (χ2n) is 0.942. The molecule has 1 nitrogen and oxygen atoms in total. The fourth-order valence-electron chi connectivity index (χ4n) is 0.304. The summed E-state index contributed by atoms with van der Waals surface area (Å²) < 4.78 is 6.28. The van der Waals surface area contributed by atoms with Crippen LogP contribution in [0.4, 0.5) is 0 Å². The van der Waals surface area contributed by atoms with Crippen LogP contribution >= 0.6 is 0 Å². The van der Waals surface area contributed by atoms with Gasteiger partial charge in [0.2, 0.25) is 0 Å². The summed E-state index contributed by atoms with van der Waals surface area (Å²) in [6.45, 7) is 0. The van der Waals surface area contributed by atoms with Crippen molar-refractivity contribution in [2.24, 2.45) is 3.21 Å². The standard InChI is InChI=1S/C3H3N.Sn.2H/c1-2-3-4;;;/h1-3H;;;/q-1;+1;;. The van der Waals surface area contributed by atoms with Gasteiger partial charge in [-0.25, -0.2) is 0 Å². The third-order valence-corrected chi connectivity index (χ3v) is 3.12. The third kappa shape index (κ3) is 0.757. The van der Waals surface area contributed by atoms with E-state index in [4.69, 9.17) is 0 Å². The van der Waals surface area contributed by atoms with Crippen LogP contribution in [0.15, 0.2) is 13.4 Å². The fourth-order valence-corrected chi connectivity index (χ4v) is 2.04. The Hall–Kier alpha value is 0.209. The van der Waals surface area contributed by atoms with Crippen LogP contribution in [0, 0.1) is 0 Å². The number of hydrogen-bond acceptors (Lipinski definition) is 1. The van der Waals surface area contributed by atoms with Crippen LogP contribution < -0.4 is 0 Å². The van der Waals surface area contributed by atoms with Crippen molar-refractivity contribution >= 4 is 27.6 Å². The van der Waals surface area contributed by atoms with Gasteiger partial charge in [0, 0.05) is 0 Å². The predicted octanol–water partition coefficient (Wildman–Crippen LogP) is -0.332. The van der Waals surface area contributed by atoms with Gasteiger partial charge in [-0.3, -0.25) is 0 Å². The summed E-state index contributed by atoms with van der Waals surface area (Å²) in [4.78, 5) is 0. The monoisotopic (exact) mass is 175 g/mol. The second-order valence-corrected chi connectivity index (χ2v) is 4.37. The van der Waals surface area contributed by atoms with E-state index in [1.165, 1.54) is 0 Å². The molecule has 1 rings (SSSR count). The molecular weight excluding hydrogens is 169 g/mol. The Labute approximate surface area is 41.4 Å². The third-order valence-electron chi connectivity index (χ3n) is 0.538. The summed E-state index contributed by atoms with van der Waals surface area (Å²) in [5.74, 6) is 0. The topological polar surface area (TPSA) is 12.4 Å². The number of hydrogen-bond donors (Lipinski definition) is 0. The minimum atomic E-state index is -0.558. The molecule has 0 radical (unpaired) electrons. The Morgan fingerprint density at radius 3 is 2.80 bits per heavy atom. The van der Waals surface area contributed by atoms with Crippen molar-refractivity contribution in [2.45, 2.75) is 0 Å². The maximum absolute atomic E-state index is 4.06. The van der Waals surface area contributed by atoms with Crippen molar-refractivity contribution < 1.29 is 0 Å². The molecule has 0 aromatic heterocycles. The first kappa shape index (κ1) is 3.40. The fraction of sp³-hybridized carbons (Fsp3) is 0. The van der Waals surface area contributed by atoms with Gasteiger partial charge in [0.05, 0.1) is 0 Å². The van der Waals surface area contributed by atoms with Gasteiger partial charge in [0.1, 0.15) is 0 Å². The van der Waals surface area contributed by atoms with E-state index in [1.54, 1.807) is 0 Å². The van der Waals surface area contributed by atoms with Crippen LogP contribution in [0.1, 0.15) is 0 Å². The molecule has 1 heterocycles. The summed E-state index contributed by atoms with van der Waals surface area (Å²) in [6, 6.07) is 0. The van der Waals surface area contributed by atoms with Crippen LogP contribution in [0.25, 0.3) is 0 Å². The molecule has 0 aromatic rings. The van der Waals surface area contributed by atoms with Crippen molar-refractivity contribution in [2.75, 3.05) is 0 Å². The first-order valence-corrected chi connectivity index (χ1v) is 5.78. The van der Waals surface area contributed by atoms with E-state index in [1.807, 2.05) is 12.3 Å². The molecule has 2 heteroatoms. The molecule has 0 amide bonds. The molecule has 0 N–H and O–H groups in total. The van der Waals surface area contributed by atoms with Crippen LogP contribution in [-0.2, 0) is 0 Å². The summed E-state index contributed by atoms with van der Waals surface area (Å²) in [6.07, 6.45) is 3.94. The van der Waals surface area contributed by atoms with Gasteiger partial charge < -0.3 is 0 Å². The maximum atomic E-state index is 4.06. The van der Waals surface area contributed by atoms with Crippen LogP contribution in [0.3, 0.4) is 0 Å². The van der Waals surface area contributed by atoms with Crippen molar-refractivity contribution in [1.29, 1.82) is 0 Å². The van der Waals surface area contributed by atoms with E-state index in [2.05, 4.69) is 7.31 Å². The van der Waals surface area contributed by atoms with E-state index < -0.39 is 21.4 Å². The van der Waals surface area contributed by atoms with E-state index in [0.717, 1.165) is 0 Å². The molecule has 5 heavy (non-hydrogen) atoms. The molecule has 0 saturated heterocycles. The number of allylic oxidation sites excluding steroid dienone is 1. The molecule has 0 bridgehead atoms. The first-order valence-electron chi connectivity index (χ1n) is 1.65. The van der Waals surface area contributed by atoms with Crippen molar-refractivity contribution in [3.05, 3.63) is 10.2 Å². The Morgan fingerprint density at radius 1 is 1.60 bits per heavy atom. The Kier molecular flexibility index (Phi) is 1.09. The quantitative estimate of drug-likeness (QED) is 0.445. The predicted molar refractivity (Wildman–Crippen MR) is 26.2 cm³/mol. The average Bonchev–Trinajstić information content (AvgIpc) is 1.76. The van der Waals surface area contributed by atoms with E-state index >= 15 is 0 Å². The molecule has 0 fully saturated rings. The Bertz CT molecular complexity index is 65.0. The van der Waals surface area contributed by atoms with Crippen LogP contribution in [-0.4, -0.2) is 27.6 Å². The molecule has 26 valence electrons. The van der Waals surface area contributed by atoms with Gasteiger partial charge in [-0.1, -0.05) is 0 Å². The van der Waals surface area contributed by atoms with Gasteiger partial charge >= 0.3 is 41.0 Å². The Balaban J connectivity index is 2.61. The molecule has 0 spiro atoms. The van der Waals surface area contributed by atoms with Gasteiger partial charge in [-0.15, -0.1) is 0 Å². The normalized spacial score (nSPS) is 22.4. The van der Waals surface area contributed by atoms with E-state index in [9.17, 15) is 0 Å². The molecular formula is C3H5NSn. The van der Waals surface area contributed by atoms with Crippen molar-refractivity contribution in [1.82, 2.24) is 0 Å². The zero-order valence-corrected chi connectivity index (χ0v) is 6.92. The minimum absolute atomic E-state index is 0.558. The zero-order valence-electron chi connectivity index (χ0n) is 2.89. The van der Waals surface area contributed by atoms with Gasteiger partial charge in [0.15, 0.2) is 0 Å². The first-order chi connectivity index (χ1) is 2.50. The van der Waals surface area contributed by atoms with E-state index in [-0.39, 0.29) is 0 Å².